The third-order valence-corrected chi connectivity index (χ3v) is 6.63. The van der Waals surface area contributed by atoms with Crippen molar-refractivity contribution in [2.75, 3.05) is 23.8 Å². The number of aliphatic imine (C=N–C) groups is 1. The Morgan fingerprint density at radius 2 is 1.88 bits per heavy atom. The van der Waals surface area contributed by atoms with Crippen LogP contribution in [0.3, 0.4) is 0 Å². The summed E-state index contributed by atoms with van der Waals surface area (Å²) in [6, 6.07) is 15.4. The van der Waals surface area contributed by atoms with E-state index in [1.165, 1.54) is 19.3 Å². The van der Waals surface area contributed by atoms with Crippen molar-refractivity contribution in [3.8, 4) is 0 Å². The molecule has 2 aromatic rings. The van der Waals surface area contributed by atoms with E-state index in [0.717, 1.165) is 41.9 Å². The van der Waals surface area contributed by atoms with Gasteiger partial charge in [-0.3, -0.25) is 4.79 Å². The van der Waals surface area contributed by atoms with Crippen LogP contribution in [0.15, 0.2) is 53.5 Å². The number of rotatable bonds is 5. The van der Waals surface area contributed by atoms with E-state index in [9.17, 15) is 9.59 Å². The monoisotopic (exact) mass is 461 g/mol. The first-order chi connectivity index (χ1) is 16.5. The highest BCUT2D eigenvalue weighted by atomic mass is 16.2. The fourth-order valence-corrected chi connectivity index (χ4v) is 4.90. The maximum Gasteiger partial charge on any atom is 0.321 e. The molecule has 0 saturated heterocycles. The molecule has 1 fully saturated rings. The van der Waals surface area contributed by atoms with Crippen LogP contribution in [0.4, 0.5) is 16.2 Å². The smallest absolute Gasteiger partial charge is 0.321 e. The number of aryl methyl sites for hydroxylation is 1. The van der Waals surface area contributed by atoms with Crippen LogP contribution in [0.1, 0.15) is 56.6 Å². The van der Waals surface area contributed by atoms with Crippen molar-refractivity contribution < 1.29 is 9.59 Å². The van der Waals surface area contributed by atoms with Crippen molar-refractivity contribution >= 4 is 29.1 Å². The average molecular weight is 462 g/mol. The molecule has 0 aromatic heterocycles. The minimum atomic E-state index is -1.01. The summed E-state index contributed by atoms with van der Waals surface area (Å²) in [6.07, 6.45) is 5.67. The second kappa shape index (κ2) is 10.7. The van der Waals surface area contributed by atoms with Gasteiger partial charge in [0.2, 0.25) is 6.17 Å². The zero-order valence-electron chi connectivity index (χ0n) is 20.4. The molecule has 4 rings (SSSR count). The first-order valence-corrected chi connectivity index (χ1v) is 12.3. The summed E-state index contributed by atoms with van der Waals surface area (Å²) < 4.78 is 0. The number of amides is 3. The molecule has 7 heteroatoms. The summed E-state index contributed by atoms with van der Waals surface area (Å²) in [4.78, 5) is 35.4. The van der Waals surface area contributed by atoms with E-state index < -0.39 is 12.2 Å². The Labute approximate surface area is 202 Å². The highest BCUT2D eigenvalue weighted by Crippen LogP contribution is 2.30. The van der Waals surface area contributed by atoms with Gasteiger partial charge in [0.05, 0.1) is 5.69 Å². The number of benzodiazepines with no additional fused rings is 1. The number of para-hydroxylation sites is 1. The van der Waals surface area contributed by atoms with E-state index in [0.29, 0.717) is 18.3 Å². The molecule has 2 aromatic carbocycles. The maximum atomic E-state index is 13.6. The lowest BCUT2D eigenvalue weighted by molar-refractivity contribution is -0.120. The van der Waals surface area contributed by atoms with Gasteiger partial charge in [-0.25, -0.2) is 9.79 Å². The van der Waals surface area contributed by atoms with Crippen LogP contribution >= 0.6 is 0 Å². The Morgan fingerprint density at radius 1 is 1.12 bits per heavy atom. The van der Waals surface area contributed by atoms with Crippen molar-refractivity contribution in [2.45, 2.75) is 64.6 Å². The first-order valence-electron chi connectivity index (χ1n) is 12.3. The number of nitrogens with zero attached hydrogens (tertiary/aromatic N) is 3. The van der Waals surface area contributed by atoms with Crippen molar-refractivity contribution in [3.05, 3.63) is 59.7 Å². The number of nitrogens with one attached hydrogen (secondary N) is 2. The van der Waals surface area contributed by atoms with Crippen LogP contribution in [-0.2, 0) is 4.79 Å². The van der Waals surface area contributed by atoms with E-state index in [4.69, 9.17) is 4.99 Å². The summed E-state index contributed by atoms with van der Waals surface area (Å²) in [6.45, 7) is 4.57. The summed E-state index contributed by atoms with van der Waals surface area (Å²) in [5, 5.41) is 5.67. The summed E-state index contributed by atoms with van der Waals surface area (Å²) in [5.41, 5.74) is 3.50. The molecule has 0 radical (unpaired) electrons. The largest absolute Gasteiger partial charge is 0.356 e. The molecule has 1 aliphatic carbocycles. The molecule has 1 heterocycles. The fourth-order valence-electron chi connectivity index (χ4n) is 4.90. The van der Waals surface area contributed by atoms with Gasteiger partial charge in [0.25, 0.3) is 5.91 Å². The minimum Gasteiger partial charge on any atom is -0.356 e. The van der Waals surface area contributed by atoms with Crippen LogP contribution in [0.5, 0.6) is 0 Å². The number of hydrogen-bond acceptors (Lipinski definition) is 4. The highest BCUT2D eigenvalue weighted by molar-refractivity contribution is 6.12. The Morgan fingerprint density at radius 3 is 2.62 bits per heavy atom. The van der Waals surface area contributed by atoms with Crippen LogP contribution in [-0.4, -0.2) is 48.5 Å². The van der Waals surface area contributed by atoms with E-state index >= 15 is 0 Å². The number of hydrogen-bond donors (Lipinski definition) is 2. The average Bonchev–Trinajstić information content (AvgIpc) is 2.95. The molecule has 2 N–H and O–H groups in total. The van der Waals surface area contributed by atoms with E-state index in [2.05, 4.69) is 22.6 Å². The lowest BCUT2D eigenvalue weighted by Gasteiger charge is -2.34. The van der Waals surface area contributed by atoms with Gasteiger partial charge in [-0.05, 0) is 56.0 Å². The van der Waals surface area contributed by atoms with Gasteiger partial charge in [0.1, 0.15) is 5.84 Å². The maximum absolute atomic E-state index is 13.6. The Kier molecular flexibility index (Phi) is 7.50. The number of urea groups is 1. The molecule has 0 spiro atoms. The van der Waals surface area contributed by atoms with Crippen LogP contribution in [0.25, 0.3) is 0 Å². The van der Waals surface area contributed by atoms with Crippen molar-refractivity contribution in [1.29, 1.82) is 0 Å². The normalized spacial score (nSPS) is 18.6. The minimum absolute atomic E-state index is 0.222. The van der Waals surface area contributed by atoms with Crippen LogP contribution in [0.2, 0.25) is 0 Å². The third-order valence-electron chi connectivity index (χ3n) is 6.63. The molecule has 0 bridgehead atoms. The zero-order valence-corrected chi connectivity index (χ0v) is 20.4. The lowest BCUT2D eigenvalue weighted by atomic mass is 9.94. The molecule has 34 heavy (non-hydrogen) atoms. The quantitative estimate of drug-likeness (QED) is 0.664. The molecular formula is C27H35N5O2. The summed E-state index contributed by atoms with van der Waals surface area (Å²) in [5.74, 6) is 0.538. The molecule has 1 atom stereocenters. The molecule has 1 aliphatic heterocycles. The highest BCUT2D eigenvalue weighted by Gasteiger charge is 2.34. The van der Waals surface area contributed by atoms with Gasteiger partial charge in [-0.15, -0.1) is 0 Å². The Balaban J connectivity index is 1.67. The first kappa shape index (κ1) is 23.8. The molecule has 3 amide bonds. The molecule has 1 unspecified atom stereocenters. The number of fused-ring (bicyclic) bond motifs is 1. The Bertz CT molecular complexity index is 1060. The predicted molar refractivity (Wildman–Crippen MR) is 137 cm³/mol. The van der Waals surface area contributed by atoms with E-state index in [-0.39, 0.29) is 5.91 Å². The number of anilines is 2. The van der Waals surface area contributed by atoms with Gasteiger partial charge >= 0.3 is 6.03 Å². The number of carbonyl (C=O) groups is 2. The molecule has 2 aliphatic rings. The summed E-state index contributed by atoms with van der Waals surface area (Å²) in [7, 11) is 2.06. The van der Waals surface area contributed by atoms with Gasteiger partial charge in [0.15, 0.2) is 0 Å². The predicted octanol–water partition coefficient (Wildman–Crippen LogP) is 4.91. The number of benzene rings is 2. The van der Waals surface area contributed by atoms with Crippen molar-refractivity contribution in [2.24, 2.45) is 4.99 Å². The van der Waals surface area contributed by atoms with Crippen molar-refractivity contribution in [1.82, 2.24) is 10.2 Å². The molecule has 1 saturated carbocycles. The Hall–Kier alpha value is -3.35. The standard InChI is InChI=1S/C27H35N5O2/c1-4-17-32-23-16-9-8-15-22(23)25(31(3)21-13-6-5-7-14-21)29-24(26(32)33)30-27(34)28-20-12-10-11-19(2)18-20/h8-12,15-16,18,21,24H,4-7,13-14,17H2,1-3H3,(H2,28,30,34). The second-order valence-corrected chi connectivity index (χ2v) is 9.23. The van der Waals surface area contributed by atoms with Gasteiger partial charge in [-0.1, -0.05) is 50.5 Å². The molecule has 7 nitrogen and oxygen atoms in total. The van der Waals surface area contributed by atoms with Gasteiger partial charge < -0.3 is 20.4 Å². The van der Waals surface area contributed by atoms with Gasteiger partial charge in [-0.2, -0.15) is 0 Å². The fraction of sp³-hybridized carbons (Fsp3) is 0.444. The van der Waals surface area contributed by atoms with E-state index in [1.54, 1.807) is 4.90 Å². The molecular weight excluding hydrogens is 426 g/mol. The topological polar surface area (TPSA) is 77.0 Å². The summed E-state index contributed by atoms with van der Waals surface area (Å²) >= 11 is 0. The SMILES string of the molecule is CCCN1C(=O)C(NC(=O)Nc2cccc(C)c2)N=C(N(C)C2CCCCC2)c2ccccc21. The second-order valence-electron chi connectivity index (χ2n) is 9.23. The van der Waals surface area contributed by atoms with Gasteiger partial charge in [0, 0.05) is 30.9 Å². The van der Waals surface area contributed by atoms with Crippen molar-refractivity contribution in [3.63, 3.8) is 0 Å². The lowest BCUT2D eigenvalue weighted by Crippen LogP contribution is -2.49. The third kappa shape index (κ3) is 5.24. The number of amidine groups is 1. The number of carbonyl (C=O) groups excluding carboxylic acids is 2. The van der Waals surface area contributed by atoms with Crippen LogP contribution in [0, 0.1) is 6.92 Å². The molecule has 180 valence electrons. The van der Waals surface area contributed by atoms with Crippen LogP contribution < -0.4 is 15.5 Å². The zero-order chi connectivity index (χ0) is 24.1. The van der Waals surface area contributed by atoms with E-state index in [1.807, 2.05) is 62.4 Å².